The Bertz CT molecular complexity index is 894. The molecular formula is C16H19Cl2N3O3S2. The van der Waals surface area contributed by atoms with Crippen molar-refractivity contribution in [1.82, 2.24) is 4.90 Å². The fourth-order valence-corrected chi connectivity index (χ4v) is 5.97. The van der Waals surface area contributed by atoms with Crippen LogP contribution in [-0.4, -0.2) is 53.7 Å². The third kappa shape index (κ3) is 4.20. The van der Waals surface area contributed by atoms with Crippen molar-refractivity contribution >= 4 is 55.9 Å². The van der Waals surface area contributed by atoms with Gasteiger partial charge in [-0.1, -0.05) is 23.2 Å². The molecule has 0 atom stereocenters. The number of likely N-dealkylation sites (N-methyl/N-ethyl adjacent to an activating group) is 1. The lowest BCUT2D eigenvalue weighted by atomic mass is 10.2. The maximum atomic E-state index is 12.6. The van der Waals surface area contributed by atoms with E-state index >= 15 is 0 Å². The largest absolute Gasteiger partial charge is 0.495 e. The molecule has 0 unspecified atom stereocenters. The summed E-state index contributed by atoms with van der Waals surface area (Å²) in [5.74, 6) is 0.703. The second kappa shape index (κ2) is 7.82. The summed E-state index contributed by atoms with van der Waals surface area (Å²) in [4.78, 5) is 4.41. The smallest absolute Gasteiger partial charge is 0.264 e. The number of sulfonamides is 1. The van der Waals surface area contributed by atoms with Crippen LogP contribution in [0, 0.1) is 0 Å². The van der Waals surface area contributed by atoms with Crippen molar-refractivity contribution in [3.63, 3.8) is 0 Å². The molecule has 2 heterocycles. The van der Waals surface area contributed by atoms with Crippen molar-refractivity contribution < 1.29 is 13.2 Å². The average Bonchev–Trinajstić information content (AvgIpc) is 2.94. The molecule has 0 saturated carbocycles. The van der Waals surface area contributed by atoms with E-state index in [2.05, 4.69) is 21.6 Å². The van der Waals surface area contributed by atoms with Gasteiger partial charge in [-0.15, -0.1) is 11.3 Å². The first kappa shape index (κ1) is 19.6. The first-order valence-electron chi connectivity index (χ1n) is 7.89. The fraction of sp³-hybridized carbons (Fsp3) is 0.375. The first-order valence-corrected chi connectivity index (χ1v) is 10.9. The number of hydrogen-bond donors (Lipinski definition) is 1. The van der Waals surface area contributed by atoms with Crippen LogP contribution in [0.3, 0.4) is 0 Å². The van der Waals surface area contributed by atoms with E-state index in [-0.39, 0.29) is 9.23 Å². The number of nitrogens with one attached hydrogen (secondary N) is 1. The van der Waals surface area contributed by atoms with E-state index < -0.39 is 10.0 Å². The number of hydrogen-bond acceptors (Lipinski definition) is 6. The predicted octanol–water partition coefficient (Wildman–Crippen LogP) is 3.62. The first-order chi connectivity index (χ1) is 12.3. The summed E-state index contributed by atoms with van der Waals surface area (Å²) in [6, 6.07) is 6.55. The van der Waals surface area contributed by atoms with E-state index in [4.69, 9.17) is 27.9 Å². The van der Waals surface area contributed by atoms with E-state index in [0.29, 0.717) is 15.8 Å². The Morgan fingerprint density at radius 1 is 1.15 bits per heavy atom. The minimum atomic E-state index is -3.82. The molecule has 2 aromatic rings. The molecule has 0 bridgehead atoms. The van der Waals surface area contributed by atoms with Gasteiger partial charge in [-0.05, 0) is 31.3 Å². The summed E-state index contributed by atoms with van der Waals surface area (Å²) in [7, 11) is -0.141. The summed E-state index contributed by atoms with van der Waals surface area (Å²) in [6.45, 7) is 3.55. The van der Waals surface area contributed by atoms with E-state index in [1.807, 2.05) is 0 Å². The Hall–Kier alpha value is -1.19. The van der Waals surface area contributed by atoms with E-state index in [1.54, 1.807) is 25.3 Å². The van der Waals surface area contributed by atoms with Crippen LogP contribution in [0.4, 0.5) is 11.4 Å². The highest BCUT2D eigenvalue weighted by Gasteiger charge is 2.23. The molecule has 1 fully saturated rings. The van der Waals surface area contributed by atoms with Crippen molar-refractivity contribution in [2.75, 3.05) is 50.0 Å². The Morgan fingerprint density at radius 2 is 1.85 bits per heavy atom. The standard InChI is InChI=1S/C16H19Cl2N3O3S2/c1-20-5-7-21(8-6-20)12-9-11(3-4-13(12)24-2)19-26(22,23)14-10-15(17)25-16(14)18/h3-4,9-10,19H,5-8H2,1-2H3. The topological polar surface area (TPSA) is 61.9 Å². The molecule has 26 heavy (non-hydrogen) atoms. The molecule has 1 aliphatic heterocycles. The SMILES string of the molecule is COc1ccc(NS(=O)(=O)c2cc(Cl)sc2Cl)cc1N1CCN(C)CC1. The monoisotopic (exact) mass is 435 g/mol. The number of anilines is 2. The summed E-state index contributed by atoms with van der Waals surface area (Å²) >= 11 is 12.9. The Morgan fingerprint density at radius 3 is 2.42 bits per heavy atom. The molecule has 142 valence electrons. The van der Waals surface area contributed by atoms with Crippen LogP contribution >= 0.6 is 34.5 Å². The molecule has 0 radical (unpaired) electrons. The molecule has 0 aliphatic carbocycles. The quantitative estimate of drug-likeness (QED) is 0.776. The highest BCUT2D eigenvalue weighted by Crippen LogP contribution is 2.36. The maximum absolute atomic E-state index is 12.6. The molecular weight excluding hydrogens is 417 g/mol. The molecule has 1 saturated heterocycles. The van der Waals surface area contributed by atoms with Gasteiger partial charge in [0.1, 0.15) is 15.0 Å². The van der Waals surface area contributed by atoms with Gasteiger partial charge in [-0.3, -0.25) is 4.72 Å². The van der Waals surface area contributed by atoms with Crippen LogP contribution in [0.5, 0.6) is 5.75 Å². The minimum Gasteiger partial charge on any atom is -0.495 e. The average molecular weight is 436 g/mol. The number of halogens is 2. The number of benzene rings is 1. The molecule has 10 heteroatoms. The van der Waals surface area contributed by atoms with Crippen molar-refractivity contribution in [3.05, 3.63) is 32.9 Å². The second-order valence-electron chi connectivity index (χ2n) is 5.97. The molecule has 0 amide bonds. The van der Waals surface area contributed by atoms with Crippen LogP contribution in [-0.2, 0) is 10.0 Å². The van der Waals surface area contributed by atoms with Crippen LogP contribution in [0.25, 0.3) is 0 Å². The zero-order chi connectivity index (χ0) is 18.9. The zero-order valence-corrected chi connectivity index (χ0v) is 17.5. The van der Waals surface area contributed by atoms with Crippen LogP contribution in [0.15, 0.2) is 29.2 Å². The minimum absolute atomic E-state index is 0.0221. The normalized spacial score (nSPS) is 15.9. The van der Waals surface area contributed by atoms with Crippen molar-refractivity contribution in [1.29, 1.82) is 0 Å². The molecule has 3 rings (SSSR count). The van der Waals surface area contributed by atoms with E-state index in [0.717, 1.165) is 43.2 Å². The number of rotatable bonds is 5. The molecule has 1 aliphatic rings. The van der Waals surface area contributed by atoms with Crippen LogP contribution in [0.2, 0.25) is 8.67 Å². The van der Waals surface area contributed by atoms with Gasteiger partial charge in [0.25, 0.3) is 10.0 Å². The fourth-order valence-electron chi connectivity index (χ4n) is 2.77. The number of piperazine rings is 1. The molecule has 1 N–H and O–H groups in total. The number of ether oxygens (including phenoxy) is 1. The van der Waals surface area contributed by atoms with Crippen molar-refractivity contribution in [2.24, 2.45) is 0 Å². The molecule has 6 nitrogen and oxygen atoms in total. The zero-order valence-electron chi connectivity index (χ0n) is 14.3. The lowest BCUT2D eigenvalue weighted by Gasteiger charge is -2.34. The van der Waals surface area contributed by atoms with Crippen LogP contribution < -0.4 is 14.4 Å². The Balaban J connectivity index is 1.89. The Labute approximate surface area is 167 Å². The van der Waals surface area contributed by atoms with Gasteiger partial charge < -0.3 is 14.5 Å². The lowest BCUT2D eigenvalue weighted by molar-refractivity contribution is 0.311. The van der Waals surface area contributed by atoms with E-state index in [1.165, 1.54) is 6.07 Å². The molecule has 1 aromatic carbocycles. The molecule has 0 spiro atoms. The van der Waals surface area contributed by atoms with Crippen molar-refractivity contribution in [3.8, 4) is 5.75 Å². The summed E-state index contributed by atoms with van der Waals surface area (Å²) in [6.07, 6.45) is 0. The number of nitrogens with zero attached hydrogens (tertiary/aromatic N) is 2. The lowest BCUT2D eigenvalue weighted by Crippen LogP contribution is -2.44. The van der Waals surface area contributed by atoms with Gasteiger partial charge in [-0.2, -0.15) is 0 Å². The summed E-state index contributed by atoms with van der Waals surface area (Å²) in [5, 5.41) is 0. The maximum Gasteiger partial charge on any atom is 0.264 e. The third-order valence-corrected chi connectivity index (χ3v) is 7.32. The third-order valence-electron chi connectivity index (χ3n) is 4.19. The van der Waals surface area contributed by atoms with Gasteiger partial charge in [0, 0.05) is 26.2 Å². The highest BCUT2D eigenvalue weighted by molar-refractivity contribution is 7.93. The van der Waals surface area contributed by atoms with Gasteiger partial charge >= 0.3 is 0 Å². The number of thiophene rings is 1. The second-order valence-corrected chi connectivity index (χ2v) is 9.91. The van der Waals surface area contributed by atoms with Crippen molar-refractivity contribution in [2.45, 2.75) is 4.90 Å². The highest BCUT2D eigenvalue weighted by atomic mass is 35.5. The van der Waals surface area contributed by atoms with Gasteiger partial charge in [0.2, 0.25) is 0 Å². The molecule has 1 aromatic heterocycles. The Kier molecular flexibility index (Phi) is 5.88. The van der Waals surface area contributed by atoms with Gasteiger partial charge in [0.05, 0.1) is 22.8 Å². The van der Waals surface area contributed by atoms with E-state index in [9.17, 15) is 8.42 Å². The predicted molar refractivity (Wildman–Crippen MR) is 108 cm³/mol. The number of methoxy groups -OCH3 is 1. The summed E-state index contributed by atoms with van der Waals surface area (Å²) < 4.78 is 33.7. The van der Waals surface area contributed by atoms with Crippen LogP contribution in [0.1, 0.15) is 0 Å². The van der Waals surface area contributed by atoms with Gasteiger partial charge in [0.15, 0.2) is 0 Å². The summed E-state index contributed by atoms with van der Waals surface area (Å²) in [5.41, 5.74) is 1.30. The van der Waals surface area contributed by atoms with Gasteiger partial charge in [-0.25, -0.2) is 8.42 Å².